The molecule has 0 atom stereocenters. The lowest BCUT2D eigenvalue weighted by Gasteiger charge is -2.12. The van der Waals surface area contributed by atoms with E-state index in [9.17, 15) is 9.18 Å². The number of anilines is 1. The number of hydrogen-bond donors (Lipinski definition) is 3. The molecule has 2 aromatic carbocycles. The van der Waals surface area contributed by atoms with Crippen LogP contribution in [0.1, 0.15) is 18.1 Å². The van der Waals surface area contributed by atoms with E-state index >= 15 is 0 Å². The van der Waals surface area contributed by atoms with Crippen LogP contribution in [0.15, 0.2) is 72.0 Å². The van der Waals surface area contributed by atoms with Crippen LogP contribution in [0.5, 0.6) is 0 Å². The lowest BCUT2D eigenvalue weighted by atomic mass is 10.1. The van der Waals surface area contributed by atoms with Crippen LogP contribution >= 0.6 is 0 Å². The molecule has 0 unspecified atom stereocenters. The van der Waals surface area contributed by atoms with Gasteiger partial charge >= 0.3 is 0 Å². The zero-order valence-corrected chi connectivity index (χ0v) is 17.5. The van der Waals surface area contributed by atoms with Crippen molar-refractivity contribution in [2.24, 2.45) is 4.99 Å². The zero-order chi connectivity index (χ0) is 21.9. The molecule has 8 heteroatoms. The molecule has 0 spiro atoms. The summed E-state index contributed by atoms with van der Waals surface area (Å²) < 4.78 is 14.6. The number of halogens is 1. The van der Waals surface area contributed by atoms with Crippen LogP contribution in [0.2, 0.25) is 0 Å². The Balaban J connectivity index is 1.52. The molecule has 1 heterocycles. The van der Waals surface area contributed by atoms with Crippen LogP contribution in [0.4, 0.5) is 10.1 Å². The second-order valence-corrected chi connectivity index (χ2v) is 6.95. The number of nitrogens with one attached hydrogen (secondary N) is 3. The summed E-state index contributed by atoms with van der Waals surface area (Å²) in [6.45, 7) is 4.06. The molecule has 162 valence electrons. The third-order valence-electron chi connectivity index (χ3n) is 4.46. The minimum absolute atomic E-state index is 0.139. The second kappa shape index (κ2) is 11.5. The van der Waals surface area contributed by atoms with Crippen LogP contribution in [0.25, 0.3) is 0 Å². The number of aliphatic imine (C=N–C) groups is 1. The van der Waals surface area contributed by atoms with Crippen molar-refractivity contribution in [2.75, 3.05) is 18.4 Å². The number of carbonyl (C=O) groups excluding carboxylic acids is 1. The monoisotopic (exact) mass is 422 g/mol. The van der Waals surface area contributed by atoms with E-state index in [2.05, 4.69) is 26.0 Å². The highest BCUT2D eigenvalue weighted by Gasteiger charge is 2.05. The minimum Gasteiger partial charge on any atom is -0.357 e. The molecule has 3 aromatic rings. The topological polar surface area (TPSA) is 83.3 Å². The average Bonchev–Trinajstić information content (AvgIpc) is 3.26. The quantitative estimate of drug-likeness (QED) is 0.366. The van der Waals surface area contributed by atoms with E-state index in [1.54, 1.807) is 35.3 Å². The van der Waals surface area contributed by atoms with Gasteiger partial charge in [-0.1, -0.05) is 24.3 Å². The first kappa shape index (κ1) is 22.0. The third-order valence-corrected chi connectivity index (χ3v) is 4.46. The van der Waals surface area contributed by atoms with Crippen LogP contribution < -0.4 is 16.0 Å². The third kappa shape index (κ3) is 7.58. The van der Waals surface area contributed by atoms with E-state index in [1.807, 2.05) is 31.2 Å². The van der Waals surface area contributed by atoms with Crippen molar-refractivity contribution in [2.45, 2.75) is 26.4 Å². The molecule has 0 bridgehead atoms. The number of guanidine groups is 1. The van der Waals surface area contributed by atoms with Gasteiger partial charge in [-0.3, -0.25) is 9.48 Å². The van der Waals surface area contributed by atoms with Crippen molar-refractivity contribution >= 4 is 17.6 Å². The maximum atomic E-state index is 13.0. The zero-order valence-electron chi connectivity index (χ0n) is 17.5. The average molecular weight is 423 g/mol. The molecule has 0 saturated heterocycles. The molecule has 0 aliphatic rings. The first-order valence-electron chi connectivity index (χ1n) is 10.2. The van der Waals surface area contributed by atoms with Gasteiger partial charge in [0.2, 0.25) is 5.91 Å². The molecule has 31 heavy (non-hydrogen) atoms. The Morgan fingerprint density at radius 2 is 1.94 bits per heavy atom. The van der Waals surface area contributed by atoms with Gasteiger partial charge in [-0.2, -0.15) is 5.10 Å². The first-order chi connectivity index (χ1) is 15.1. The number of nitrogens with zero attached hydrogens (tertiary/aromatic N) is 3. The summed E-state index contributed by atoms with van der Waals surface area (Å²) in [6.07, 6.45) is 4.15. The molecule has 0 saturated carbocycles. The highest BCUT2D eigenvalue weighted by Crippen LogP contribution is 2.12. The van der Waals surface area contributed by atoms with Crippen LogP contribution in [0, 0.1) is 5.82 Å². The van der Waals surface area contributed by atoms with Gasteiger partial charge in [0.05, 0.1) is 6.54 Å². The van der Waals surface area contributed by atoms with Crippen molar-refractivity contribution in [1.29, 1.82) is 0 Å². The predicted octanol–water partition coefficient (Wildman–Crippen LogP) is 2.96. The summed E-state index contributed by atoms with van der Waals surface area (Å²) in [5.74, 6) is 0.337. The van der Waals surface area contributed by atoms with Gasteiger partial charge in [-0.15, -0.1) is 0 Å². The predicted molar refractivity (Wildman–Crippen MR) is 120 cm³/mol. The summed E-state index contributed by atoms with van der Waals surface area (Å²) in [7, 11) is 0. The normalized spacial score (nSPS) is 11.2. The van der Waals surface area contributed by atoms with Crippen LogP contribution in [-0.4, -0.2) is 34.7 Å². The minimum atomic E-state index is -0.230. The summed E-state index contributed by atoms with van der Waals surface area (Å²) in [5.41, 5.74) is 2.76. The fraction of sp³-hybridized carbons (Fsp3) is 0.261. The van der Waals surface area contributed by atoms with E-state index in [0.717, 1.165) is 29.8 Å². The Morgan fingerprint density at radius 3 is 2.68 bits per heavy atom. The molecule has 0 aliphatic heterocycles. The molecule has 3 N–H and O–H groups in total. The maximum absolute atomic E-state index is 13.0. The van der Waals surface area contributed by atoms with Gasteiger partial charge in [0.25, 0.3) is 0 Å². The summed E-state index contributed by atoms with van der Waals surface area (Å²) >= 11 is 0. The Kier molecular flexibility index (Phi) is 8.16. The van der Waals surface area contributed by atoms with Gasteiger partial charge in [0.1, 0.15) is 12.4 Å². The Labute approximate surface area is 181 Å². The van der Waals surface area contributed by atoms with Gasteiger partial charge in [0, 0.05) is 31.2 Å². The van der Waals surface area contributed by atoms with Crippen LogP contribution in [-0.2, 0) is 24.3 Å². The summed E-state index contributed by atoms with van der Waals surface area (Å²) in [6, 6.07) is 15.9. The number of aromatic nitrogens is 2. The Bertz CT molecular complexity index is 986. The molecule has 1 amide bonds. The Hall–Kier alpha value is -3.68. The standard InChI is InChI=1S/C23H27FN6O/c1-2-25-23(26-13-11-18-7-9-20(24)10-8-18)27-16-19-5-3-6-21(15-19)29-22(31)17-30-14-4-12-28-30/h3-10,12,14-15H,2,11,13,16-17H2,1H3,(H,29,31)(H2,25,26,27). The molecule has 3 rings (SSSR count). The molecule has 0 fully saturated rings. The second-order valence-electron chi connectivity index (χ2n) is 6.95. The van der Waals surface area contributed by atoms with Gasteiger partial charge in [0.15, 0.2) is 5.96 Å². The number of carbonyl (C=O) groups is 1. The summed E-state index contributed by atoms with van der Waals surface area (Å²) in [4.78, 5) is 16.8. The van der Waals surface area contributed by atoms with Gasteiger partial charge in [-0.25, -0.2) is 9.38 Å². The Morgan fingerprint density at radius 1 is 1.10 bits per heavy atom. The lowest BCUT2D eigenvalue weighted by Crippen LogP contribution is -2.38. The van der Waals surface area contributed by atoms with Crippen LogP contribution in [0.3, 0.4) is 0 Å². The highest BCUT2D eigenvalue weighted by atomic mass is 19.1. The molecular formula is C23H27FN6O. The van der Waals surface area contributed by atoms with Crippen molar-refractivity contribution in [3.05, 3.63) is 83.9 Å². The van der Waals surface area contributed by atoms with Gasteiger partial charge in [-0.05, 0) is 54.8 Å². The van der Waals surface area contributed by atoms with E-state index < -0.39 is 0 Å². The SMILES string of the molecule is CCNC(=NCc1cccc(NC(=O)Cn2cccn2)c1)NCCc1ccc(F)cc1. The first-order valence-corrected chi connectivity index (χ1v) is 10.2. The van der Waals surface area contributed by atoms with E-state index in [1.165, 1.54) is 12.1 Å². The molecule has 0 radical (unpaired) electrons. The van der Waals surface area contributed by atoms with Crippen molar-refractivity contribution in [1.82, 2.24) is 20.4 Å². The van der Waals surface area contributed by atoms with E-state index in [4.69, 9.17) is 0 Å². The van der Waals surface area contributed by atoms with E-state index in [0.29, 0.717) is 19.0 Å². The number of hydrogen-bond acceptors (Lipinski definition) is 3. The van der Waals surface area contributed by atoms with Crippen molar-refractivity contribution in [3.8, 4) is 0 Å². The van der Waals surface area contributed by atoms with Gasteiger partial charge < -0.3 is 16.0 Å². The number of amides is 1. The molecular weight excluding hydrogens is 395 g/mol. The molecule has 1 aromatic heterocycles. The smallest absolute Gasteiger partial charge is 0.246 e. The van der Waals surface area contributed by atoms with E-state index in [-0.39, 0.29) is 18.3 Å². The largest absolute Gasteiger partial charge is 0.357 e. The molecule has 0 aliphatic carbocycles. The number of benzene rings is 2. The van der Waals surface area contributed by atoms with Crippen molar-refractivity contribution < 1.29 is 9.18 Å². The van der Waals surface area contributed by atoms with Crippen molar-refractivity contribution in [3.63, 3.8) is 0 Å². The molecule has 7 nitrogen and oxygen atoms in total. The fourth-order valence-corrected chi connectivity index (χ4v) is 2.98. The number of rotatable bonds is 9. The highest BCUT2D eigenvalue weighted by molar-refractivity contribution is 5.90. The maximum Gasteiger partial charge on any atom is 0.246 e. The fourth-order valence-electron chi connectivity index (χ4n) is 2.98. The lowest BCUT2D eigenvalue weighted by molar-refractivity contribution is -0.116. The summed E-state index contributed by atoms with van der Waals surface area (Å²) in [5, 5.41) is 13.4.